The summed E-state index contributed by atoms with van der Waals surface area (Å²) in [7, 11) is 3.32. The van der Waals surface area contributed by atoms with E-state index in [0.717, 1.165) is 0 Å². The largest absolute Gasteiger partial charge is 0.491 e. The van der Waals surface area contributed by atoms with Crippen molar-refractivity contribution in [1.82, 2.24) is 19.9 Å². The smallest absolute Gasteiger partial charge is 0.311 e. The van der Waals surface area contributed by atoms with Crippen LogP contribution in [0, 0.1) is 33.8 Å². The van der Waals surface area contributed by atoms with Crippen molar-refractivity contribution in [3.8, 4) is 5.75 Å². The summed E-state index contributed by atoms with van der Waals surface area (Å²) < 4.78 is 44.9. The zero-order valence-corrected chi connectivity index (χ0v) is 42.2. The molecule has 69 heavy (non-hydrogen) atoms. The maximum Gasteiger partial charge on any atom is 0.311 e. The minimum Gasteiger partial charge on any atom is -0.491 e. The van der Waals surface area contributed by atoms with Crippen LogP contribution in [0.2, 0.25) is 0 Å². The first-order valence-electron chi connectivity index (χ1n) is 24.1. The molecule has 3 aliphatic rings. The maximum atomic E-state index is 14.3. The number of ether oxygens (including phenoxy) is 7. The lowest BCUT2D eigenvalue weighted by atomic mass is 9.74. The van der Waals surface area contributed by atoms with E-state index in [1.165, 1.54) is 40.0 Å². The number of carbonyl (C=O) groups excluding carboxylic acids is 2. The predicted octanol–water partition coefficient (Wildman–Crippen LogP) is 2.98. The SMILES string of the molecule is CC[C@H]1OC(=O)[C@H](C)[C@@H](OC[C@H]2C[C@@](C)(OC)[C@@H](O)[C@H](C)O2)[C@H](C)[C@@H](O[C@@H]2O[C@H](C)C[C@H](N(C)Cc3cn(CCOc4cccc([N+](=O)[O-])c4)nn3)[C@H]2O)[C@](C)(O)C[C@@H](C)C(=O)[C@H](C)[C@@H](O)[C@]1(C)O. The third-order valence-corrected chi connectivity index (χ3v) is 14.6. The molecule has 3 saturated heterocycles. The highest BCUT2D eigenvalue weighted by Crippen LogP contribution is 2.40. The first-order valence-corrected chi connectivity index (χ1v) is 24.1. The number of likely N-dealkylation sites (N-methyl/N-ethyl adjacent to an activating group) is 1. The number of nitrogens with zero attached hydrogens (tertiary/aromatic N) is 5. The average Bonchev–Trinajstić information content (AvgIpc) is 3.74. The van der Waals surface area contributed by atoms with Crippen LogP contribution in [-0.2, 0) is 51.1 Å². The molecule has 0 aliphatic carbocycles. The number of esters is 1. The lowest BCUT2D eigenvalue weighted by Gasteiger charge is -2.48. The Hall–Kier alpha value is -3.74. The van der Waals surface area contributed by atoms with Gasteiger partial charge in [-0.2, -0.15) is 0 Å². The topological polar surface area (TPSA) is 277 Å². The van der Waals surface area contributed by atoms with Crippen LogP contribution >= 0.6 is 0 Å². The van der Waals surface area contributed by atoms with Crippen molar-refractivity contribution in [2.75, 3.05) is 27.4 Å². The van der Waals surface area contributed by atoms with Crippen LogP contribution in [0.15, 0.2) is 30.5 Å². The lowest BCUT2D eigenvalue weighted by Crippen LogP contribution is -2.60. The van der Waals surface area contributed by atoms with Crippen LogP contribution in [0.1, 0.15) is 101 Å². The number of aromatic nitrogens is 3. The second kappa shape index (κ2) is 23.2. The van der Waals surface area contributed by atoms with Crippen LogP contribution < -0.4 is 4.74 Å². The number of cyclic esters (lactones) is 1. The quantitative estimate of drug-likeness (QED) is 0.0975. The second-order valence-electron chi connectivity index (χ2n) is 20.4. The van der Waals surface area contributed by atoms with Gasteiger partial charge in [0.05, 0.1) is 83.6 Å². The number of nitro benzene ring substituents is 1. The minimum atomic E-state index is -2.03. The molecule has 5 N–H and O–H groups in total. The summed E-state index contributed by atoms with van der Waals surface area (Å²) in [5.41, 5.74) is -4.38. The van der Waals surface area contributed by atoms with E-state index in [1.54, 1.807) is 64.6 Å². The van der Waals surface area contributed by atoms with E-state index in [9.17, 15) is 45.2 Å². The maximum absolute atomic E-state index is 14.3. The van der Waals surface area contributed by atoms with Crippen molar-refractivity contribution >= 4 is 17.4 Å². The van der Waals surface area contributed by atoms with Gasteiger partial charge in [-0.15, -0.1) is 5.10 Å². The molecular weight excluding hydrogens is 903 g/mol. The van der Waals surface area contributed by atoms with E-state index in [4.69, 9.17) is 33.2 Å². The summed E-state index contributed by atoms with van der Waals surface area (Å²) in [5, 5.41) is 78.6. The molecule has 0 bridgehead atoms. The predicted molar refractivity (Wildman–Crippen MR) is 248 cm³/mol. The number of rotatable bonds is 15. The number of aliphatic hydroxyl groups is 5. The zero-order valence-electron chi connectivity index (χ0n) is 42.2. The van der Waals surface area contributed by atoms with E-state index in [0.29, 0.717) is 24.4 Å². The van der Waals surface area contributed by atoms with Gasteiger partial charge < -0.3 is 58.7 Å². The highest BCUT2D eigenvalue weighted by atomic mass is 16.7. The molecule has 390 valence electrons. The molecule has 2 aromatic rings. The fourth-order valence-electron chi connectivity index (χ4n) is 10.5. The minimum absolute atomic E-state index is 0.0832. The van der Waals surface area contributed by atoms with Gasteiger partial charge in [0, 0.05) is 56.1 Å². The Labute approximate surface area is 404 Å². The van der Waals surface area contributed by atoms with E-state index >= 15 is 0 Å². The summed E-state index contributed by atoms with van der Waals surface area (Å²) >= 11 is 0. The molecule has 21 heteroatoms. The van der Waals surface area contributed by atoms with Crippen molar-refractivity contribution in [3.63, 3.8) is 0 Å². The average molecular weight is 980 g/mol. The van der Waals surface area contributed by atoms with Crippen LogP contribution in [-0.4, -0.2) is 174 Å². The van der Waals surface area contributed by atoms with Gasteiger partial charge >= 0.3 is 5.97 Å². The third kappa shape index (κ3) is 13.2. The van der Waals surface area contributed by atoms with Crippen LogP contribution in [0.3, 0.4) is 0 Å². The number of benzene rings is 1. The molecular formula is C48H77N5O16. The number of nitro groups is 1. The van der Waals surface area contributed by atoms with Gasteiger partial charge in [0.15, 0.2) is 6.29 Å². The summed E-state index contributed by atoms with van der Waals surface area (Å²) in [6, 6.07) is 5.33. The van der Waals surface area contributed by atoms with Crippen molar-refractivity contribution in [2.24, 2.45) is 23.7 Å². The molecule has 5 rings (SSSR count). The molecule has 0 saturated carbocycles. The number of Topliss-reactive ketones (excluding diaryl/α,β-unsaturated/α-hetero) is 1. The Bertz CT molecular complexity index is 2020. The van der Waals surface area contributed by atoms with Gasteiger partial charge in [0.1, 0.15) is 42.1 Å². The normalized spacial score (nSPS) is 39.7. The number of carbonyl (C=O) groups is 2. The van der Waals surface area contributed by atoms with Crippen molar-refractivity contribution < 1.29 is 73.2 Å². The van der Waals surface area contributed by atoms with E-state index in [2.05, 4.69) is 10.3 Å². The highest BCUT2D eigenvalue weighted by Gasteiger charge is 2.53. The molecule has 21 nitrogen and oxygen atoms in total. The Morgan fingerprint density at radius 1 is 1.00 bits per heavy atom. The number of aliphatic hydroxyl groups excluding tert-OH is 3. The molecule has 0 unspecified atom stereocenters. The first kappa shape index (κ1) is 56.2. The fourth-order valence-corrected chi connectivity index (χ4v) is 10.5. The Morgan fingerprint density at radius 2 is 1.70 bits per heavy atom. The summed E-state index contributed by atoms with van der Waals surface area (Å²) in [6.45, 7) is 17.0. The Balaban J connectivity index is 1.42. The van der Waals surface area contributed by atoms with Gasteiger partial charge in [-0.05, 0) is 73.9 Å². The van der Waals surface area contributed by atoms with Crippen LogP contribution in [0.4, 0.5) is 5.69 Å². The van der Waals surface area contributed by atoms with Crippen molar-refractivity contribution in [2.45, 2.75) is 192 Å². The molecule has 3 aliphatic heterocycles. The molecule has 18 atom stereocenters. The lowest BCUT2D eigenvalue weighted by molar-refractivity contribution is -0.384. The molecule has 1 aromatic heterocycles. The standard InChI is InChI=1S/C48H77N5O16/c1-13-37-48(10,60)41(56)28(4)38(54)26(2)21-46(8,59)43(29(5)40(30(6)44(58)68-37)65-25-35-22-47(9,63-12)42(57)31(7)67-35)69-45-39(55)36(19-27(3)66-45)51(11)23-32-24-52(50-49-32)17-18-64-34-16-14-15-33(20-34)53(61)62/h14-16,20,24,26-31,35-37,39-43,45,55-57,59-60H,13,17-19,21-23,25H2,1-12H3/t26-,27-,28+,29+,30-,31+,35-,36+,37-,39-,40+,41-,42+,43-,45+,46-,47-,48-/m1/s1. The second-order valence-corrected chi connectivity index (χ2v) is 20.4. The van der Waals surface area contributed by atoms with Crippen molar-refractivity contribution in [3.05, 3.63) is 46.3 Å². The van der Waals surface area contributed by atoms with Gasteiger partial charge in [-0.1, -0.05) is 39.0 Å². The number of hydrogen-bond donors (Lipinski definition) is 5. The third-order valence-electron chi connectivity index (χ3n) is 14.6. The highest BCUT2D eigenvalue weighted by molar-refractivity contribution is 5.83. The van der Waals surface area contributed by atoms with Crippen LogP contribution in [0.5, 0.6) is 5.75 Å². The number of methoxy groups -OCH3 is 1. The molecule has 1 aromatic carbocycles. The fraction of sp³-hybridized carbons (Fsp3) is 0.792. The Morgan fingerprint density at radius 3 is 2.35 bits per heavy atom. The molecule has 0 amide bonds. The van der Waals surface area contributed by atoms with Gasteiger partial charge in [-0.25, -0.2) is 4.68 Å². The molecule has 3 fully saturated rings. The zero-order chi connectivity index (χ0) is 51.3. The summed E-state index contributed by atoms with van der Waals surface area (Å²) in [5.74, 6) is -4.86. The Kier molecular flexibility index (Phi) is 18.9. The monoisotopic (exact) mass is 980 g/mol. The summed E-state index contributed by atoms with van der Waals surface area (Å²) in [6.07, 6.45) is -8.20. The number of hydrogen-bond acceptors (Lipinski definition) is 19. The first-order chi connectivity index (χ1) is 32.2. The number of ketones is 1. The van der Waals surface area contributed by atoms with E-state index in [-0.39, 0.29) is 44.7 Å². The molecule has 0 radical (unpaired) electrons. The summed E-state index contributed by atoms with van der Waals surface area (Å²) in [4.78, 5) is 40.9. The van der Waals surface area contributed by atoms with E-state index < -0.39 is 124 Å². The molecule has 4 heterocycles. The van der Waals surface area contributed by atoms with Gasteiger partial charge in [-0.3, -0.25) is 24.6 Å². The van der Waals surface area contributed by atoms with E-state index in [1.807, 2.05) is 18.9 Å². The van der Waals surface area contributed by atoms with Crippen LogP contribution in [0.25, 0.3) is 0 Å². The molecule has 0 spiro atoms. The van der Waals surface area contributed by atoms with Gasteiger partial charge in [0.25, 0.3) is 5.69 Å². The van der Waals surface area contributed by atoms with Gasteiger partial charge in [0.2, 0.25) is 0 Å². The van der Waals surface area contributed by atoms with Crippen molar-refractivity contribution in [1.29, 1.82) is 0 Å². The number of non-ortho nitro benzene ring substituents is 1.